The first-order valence-corrected chi connectivity index (χ1v) is 6.67. The summed E-state index contributed by atoms with van der Waals surface area (Å²) < 4.78 is 0. The Hall–Kier alpha value is -1.95. The Morgan fingerprint density at radius 3 is 2.50 bits per heavy atom. The fourth-order valence-electron chi connectivity index (χ4n) is 2.51. The van der Waals surface area contributed by atoms with Gasteiger partial charge >= 0.3 is 0 Å². The minimum atomic E-state index is -0.456. The molecule has 3 N–H and O–H groups in total. The molecular weight excluding hydrogens is 258 g/mol. The summed E-state index contributed by atoms with van der Waals surface area (Å²) in [6.07, 6.45) is 2.63. The third-order valence-electron chi connectivity index (χ3n) is 4.17. The highest BCUT2D eigenvalue weighted by Gasteiger charge is 2.42. The number of hydrogen-bond acceptors (Lipinski definition) is 4. The Bertz CT molecular complexity index is 560. The SMILES string of the molecule is Cc1cc([N+](=O)[O-])c(C)cc1NC(=O)C1(CN)CCC1. The standard InChI is InChI=1S/C14H19N3O3/c1-9-7-12(17(19)20)10(2)6-11(9)16-13(18)14(8-15)4-3-5-14/h6-7H,3-5,8,15H2,1-2H3,(H,16,18). The summed E-state index contributed by atoms with van der Waals surface area (Å²) in [5.74, 6) is -0.0809. The average Bonchev–Trinajstić information content (AvgIpc) is 2.32. The third kappa shape index (κ3) is 2.38. The molecule has 0 unspecified atom stereocenters. The molecule has 0 radical (unpaired) electrons. The molecule has 0 bridgehead atoms. The van der Waals surface area contributed by atoms with E-state index in [2.05, 4.69) is 5.32 Å². The molecule has 2 rings (SSSR count). The summed E-state index contributed by atoms with van der Waals surface area (Å²) in [5.41, 5.74) is 7.16. The predicted molar refractivity (Wildman–Crippen MR) is 76.5 cm³/mol. The number of nitrogens with zero attached hydrogens (tertiary/aromatic N) is 1. The second-order valence-corrected chi connectivity index (χ2v) is 5.50. The van der Waals surface area contributed by atoms with Crippen molar-refractivity contribution in [1.29, 1.82) is 0 Å². The number of amides is 1. The van der Waals surface area contributed by atoms with Crippen LogP contribution in [0.25, 0.3) is 0 Å². The van der Waals surface area contributed by atoms with Crippen molar-refractivity contribution in [2.75, 3.05) is 11.9 Å². The van der Waals surface area contributed by atoms with E-state index in [1.807, 2.05) is 0 Å². The topological polar surface area (TPSA) is 98.3 Å². The van der Waals surface area contributed by atoms with Crippen LogP contribution >= 0.6 is 0 Å². The van der Waals surface area contributed by atoms with Gasteiger partial charge in [-0.25, -0.2) is 0 Å². The number of benzene rings is 1. The van der Waals surface area contributed by atoms with Crippen LogP contribution in [-0.2, 0) is 4.79 Å². The van der Waals surface area contributed by atoms with Crippen LogP contribution in [0.3, 0.4) is 0 Å². The van der Waals surface area contributed by atoms with Crippen LogP contribution in [0.4, 0.5) is 11.4 Å². The third-order valence-corrected chi connectivity index (χ3v) is 4.17. The lowest BCUT2D eigenvalue weighted by molar-refractivity contribution is -0.385. The van der Waals surface area contributed by atoms with E-state index < -0.39 is 10.3 Å². The van der Waals surface area contributed by atoms with E-state index in [4.69, 9.17) is 5.73 Å². The normalized spacial score (nSPS) is 16.4. The fourth-order valence-corrected chi connectivity index (χ4v) is 2.51. The van der Waals surface area contributed by atoms with Gasteiger partial charge in [0, 0.05) is 23.9 Å². The summed E-state index contributed by atoms with van der Waals surface area (Å²) in [4.78, 5) is 22.8. The van der Waals surface area contributed by atoms with E-state index in [0.717, 1.165) is 19.3 Å². The Morgan fingerprint density at radius 1 is 1.40 bits per heavy atom. The summed E-state index contributed by atoms with van der Waals surface area (Å²) in [6, 6.07) is 3.13. The van der Waals surface area contributed by atoms with Gasteiger partial charge in [0.2, 0.25) is 5.91 Å². The zero-order valence-corrected chi connectivity index (χ0v) is 11.7. The van der Waals surface area contributed by atoms with Crippen LogP contribution in [0, 0.1) is 29.4 Å². The quantitative estimate of drug-likeness (QED) is 0.651. The van der Waals surface area contributed by atoms with Gasteiger partial charge in [0.25, 0.3) is 5.69 Å². The van der Waals surface area contributed by atoms with Gasteiger partial charge in [-0.1, -0.05) is 6.42 Å². The molecule has 0 saturated heterocycles. The lowest BCUT2D eigenvalue weighted by Gasteiger charge is -2.39. The van der Waals surface area contributed by atoms with Crippen molar-refractivity contribution in [3.05, 3.63) is 33.4 Å². The van der Waals surface area contributed by atoms with Crippen LogP contribution in [-0.4, -0.2) is 17.4 Å². The first kappa shape index (κ1) is 14.5. The number of aryl methyl sites for hydroxylation is 2. The molecule has 1 fully saturated rings. The summed E-state index contributed by atoms with van der Waals surface area (Å²) in [5, 5.41) is 13.7. The van der Waals surface area contributed by atoms with Gasteiger partial charge in [-0.2, -0.15) is 0 Å². The number of nitro groups is 1. The van der Waals surface area contributed by atoms with Crippen LogP contribution < -0.4 is 11.1 Å². The molecule has 0 heterocycles. The maximum Gasteiger partial charge on any atom is 0.272 e. The minimum Gasteiger partial charge on any atom is -0.329 e. The molecule has 1 aliphatic rings. The van der Waals surface area contributed by atoms with Crippen LogP contribution in [0.15, 0.2) is 12.1 Å². The Balaban J connectivity index is 2.24. The number of nitro benzene ring substituents is 1. The molecule has 0 aromatic heterocycles. The van der Waals surface area contributed by atoms with Crippen molar-refractivity contribution >= 4 is 17.3 Å². The molecule has 1 aliphatic carbocycles. The van der Waals surface area contributed by atoms with E-state index in [1.165, 1.54) is 6.07 Å². The number of rotatable bonds is 4. The van der Waals surface area contributed by atoms with E-state index in [9.17, 15) is 14.9 Å². The molecular formula is C14H19N3O3. The monoisotopic (exact) mass is 277 g/mol. The van der Waals surface area contributed by atoms with Crippen molar-refractivity contribution in [3.8, 4) is 0 Å². The Kier molecular flexibility index (Phi) is 3.76. The maximum atomic E-state index is 12.3. The predicted octanol–water partition coefficient (Wildman–Crippen LogP) is 2.28. The maximum absolute atomic E-state index is 12.3. The summed E-state index contributed by atoms with van der Waals surface area (Å²) >= 11 is 0. The smallest absolute Gasteiger partial charge is 0.272 e. The van der Waals surface area contributed by atoms with Gasteiger partial charge < -0.3 is 11.1 Å². The largest absolute Gasteiger partial charge is 0.329 e. The van der Waals surface area contributed by atoms with Crippen molar-refractivity contribution in [2.24, 2.45) is 11.1 Å². The van der Waals surface area contributed by atoms with Crippen molar-refractivity contribution < 1.29 is 9.72 Å². The van der Waals surface area contributed by atoms with Gasteiger partial charge in [-0.05, 0) is 38.3 Å². The Morgan fingerprint density at radius 2 is 2.05 bits per heavy atom. The van der Waals surface area contributed by atoms with E-state index >= 15 is 0 Å². The van der Waals surface area contributed by atoms with Crippen molar-refractivity contribution in [3.63, 3.8) is 0 Å². The lowest BCUT2D eigenvalue weighted by Crippen LogP contribution is -2.47. The highest BCUT2D eigenvalue weighted by atomic mass is 16.6. The average molecular weight is 277 g/mol. The Labute approximate surface area is 117 Å². The number of carbonyl (C=O) groups is 1. The molecule has 6 nitrogen and oxygen atoms in total. The van der Waals surface area contributed by atoms with Gasteiger partial charge in [-0.3, -0.25) is 14.9 Å². The summed E-state index contributed by atoms with van der Waals surface area (Å²) in [6.45, 7) is 3.75. The zero-order chi connectivity index (χ0) is 14.9. The number of nitrogens with one attached hydrogen (secondary N) is 1. The number of hydrogen-bond donors (Lipinski definition) is 2. The first-order chi connectivity index (χ1) is 9.39. The first-order valence-electron chi connectivity index (χ1n) is 6.67. The molecule has 6 heteroatoms. The van der Waals surface area contributed by atoms with Gasteiger partial charge in [0.05, 0.1) is 10.3 Å². The molecule has 0 aliphatic heterocycles. The van der Waals surface area contributed by atoms with Gasteiger partial charge in [0.1, 0.15) is 0 Å². The molecule has 0 spiro atoms. The van der Waals surface area contributed by atoms with E-state index in [1.54, 1.807) is 19.9 Å². The molecule has 108 valence electrons. The molecule has 1 amide bonds. The second kappa shape index (κ2) is 5.20. The van der Waals surface area contributed by atoms with Gasteiger partial charge in [-0.15, -0.1) is 0 Å². The molecule has 0 atom stereocenters. The molecule has 1 saturated carbocycles. The van der Waals surface area contributed by atoms with Crippen LogP contribution in [0.5, 0.6) is 0 Å². The van der Waals surface area contributed by atoms with Crippen molar-refractivity contribution in [1.82, 2.24) is 0 Å². The minimum absolute atomic E-state index is 0.0673. The lowest BCUT2D eigenvalue weighted by atomic mass is 9.68. The fraction of sp³-hybridized carbons (Fsp3) is 0.500. The highest BCUT2D eigenvalue weighted by molar-refractivity contribution is 5.97. The second-order valence-electron chi connectivity index (χ2n) is 5.50. The van der Waals surface area contributed by atoms with Crippen LogP contribution in [0.1, 0.15) is 30.4 Å². The molecule has 20 heavy (non-hydrogen) atoms. The molecule has 1 aromatic carbocycles. The number of anilines is 1. The highest BCUT2D eigenvalue weighted by Crippen LogP contribution is 2.41. The number of carbonyl (C=O) groups excluding carboxylic acids is 1. The zero-order valence-electron chi connectivity index (χ0n) is 11.7. The molecule has 1 aromatic rings. The van der Waals surface area contributed by atoms with E-state index in [-0.39, 0.29) is 11.6 Å². The van der Waals surface area contributed by atoms with E-state index in [0.29, 0.717) is 23.4 Å². The van der Waals surface area contributed by atoms with Crippen LogP contribution in [0.2, 0.25) is 0 Å². The number of nitrogens with two attached hydrogens (primary N) is 1. The van der Waals surface area contributed by atoms with Gasteiger partial charge in [0.15, 0.2) is 0 Å². The van der Waals surface area contributed by atoms with Crippen molar-refractivity contribution in [2.45, 2.75) is 33.1 Å². The summed E-state index contributed by atoms with van der Waals surface area (Å²) in [7, 11) is 0.